The van der Waals surface area contributed by atoms with Gasteiger partial charge in [-0.25, -0.2) is 4.68 Å². The Morgan fingerprint density at radius 2 is 2.00 bits per heavy atom. The number of aromatic nitrogens is 3. The summed E-state index contributed by atoms with van der Waals surface area (Å²) in [6, 6.07) is 9.56. The molecule has 0 radical (unpaired) electrons. The van der Waals surface area contributed by atoms with Crippen molar-refractivity contribution in [2.45, 2.75) is 13.3 Å². The molecule has 0 aliphatic rings. The number of anilines is 1. The van der Waals surface area contributed by atoms with Crippen LogP contribution in [0.25, 0.3) is 10.9 Å². The Kier molecular flexibility index (Phi) is 3.99. The van der Waals surface area contributed by atoms with E-state index in [1.165, 1.54) is 19.2 Å². The van der Waals surface area contributed by atoms with Gasteiger partial charge in [-0.1, -0.05) is 13.0 Å². The van der Waals surface area contributed by atoms with Crippen LogP contribution in [0.2, 0.25) is 0 Å². The van der Waals surface area contributed by atoms with E-state index in [0.29, 0.717) is 11.2 Å². The van der Waals surface area contributed by atoms with Crippen LogP contribution in [-0.2, 0) is 13.5 Å². The van der Waals surface area contributed by atoms with Crippen LogP contribution in [0.3, 0.4) is 0 Å². The van der Waals surface area contributed by atoms with Gasteiger partial charge in [0.1, 0.15) is 5.69 Å². The van der Waals surface area contributed by atoms with Crippen LogP contribution in [0.15, 0.2) is 46.0 Å². The van der Waals surface area contributed by atoms with Gasteiger partial charge in [0.05, 0.1) is 5.52 Å². The van der Waals surface area contributed by atoms with E-state index in [0.717, 1.165) is 22.1 Å². The van der Waals surface area contributed by atoms with Crippen LogP contribution in [0.4, 0.5) is 5.69 Å². The Morgan fingerprint density at radius 3 is 2.71 bits per heavy atom. The number of hydrogen-bond donors (Lipinski definition) is 2. The van der Waals surface area contributed by atoms with Crippen LogP contribution in [0.5, 0.6) is 0 Å². The van der Waals surface area contributed by atoms with E-state index in [9.17, 15) is 14.4 Å². The molecule has 1 aromatic carbocycles. The monoisotopic (exact) mass is 324 g/mol. The van der Waals surface area contributed by atoms with Gasteiger partial charge in [0.2, 0.25) is 5.56 Å². The third-order valence-corrected chi connectivity index (χ3v) is 3.76. The summed E-state index contributed by atoms with van der Waals surface area (Å²) in [7, 11) is 1.48. The largest absolute Gasteiger partial charge is 0.322 e. The average Bonchev–Trinajstić information content (AvgIpc) is 2.56. The molecule has 0 unspecified atom stereocenters. The highest BCUT2D eigenvalue weighted by Gasteiger charge is 2.10. The molecule has 1 amide bonds. The minimum absolute atomic E-state index is 0.132. The molecule has 3 rings (SSSR count). The molecular formula is C17H16N4O3. The number of hydrogen-bond acceptors (Lipinski definition) is 4. The van der Waals surface area contributed by atoms with Gasteiger partial charge < -0.3 is 10.3 Å². The van der Waals surface area contributed by atoms with Crippen molar-refractivity contribution < 1.29 is 4.79 Å². The predicted molar refractivity (Wildman–Crippen MR) is 91.4 cm³/mol. The fourth-order valence-corrected chi connectivity index (χ4v) is 2.52. The zero-order valence-corrected chi connectivity index (χ0v) is 13.3. The van der Waals surface area contributed by atoms with Gasteiger partial charge in [-0.05, 0) is 30.2 Å². The topological polar surface area (TPSA) is 96.9 Å². The first-order chi connectivity index (χ1) is 11.5. The second-order valence-corrected chi connectivity index (χ2v) is 5.41. The summed E-state index contributed by atoms with van der Waals surface area (Å²) < 4.78 is 1.10. The lowest BCUT2D eigenvalue weighted by Gasteiger charge is -2.08. The minimum atomic E-state index is -0.432. The fourth-order valence-electron chi connectivity index (χ4n) is 2.52. The number of nitrogens with one attached hydrogen (secondary N) is 2. The molecule has 0 bridgehead atoms. The molecule has 0 aliphatic carbocycles. The van der Waals surface area contributed by atoms with Crippen LogP contribution >= 0.6 is 0 Å². The van der Waals surface area contributed by atoms with Crippen molar-refractivity contribution in [1.29, 1.82) is 0 Å². The zero-order valence-electron chi connectivity index (χ0n) is 13.3. The quantitative estimate of drug-likeness (QED) is 0.762. The summed E-state index contributed by atoms with van der Waals surface area (Å²) in [5.41, 5.74) is 1.81. The molecular weight excluding hydrogens is 308 g/mol. The molecule has 7 heteroatoms. The molecule has 2 aromatic heterocycles. The Labute approximate surface area is 137 Å². The second kappa shape index (κ2) is 6.11. The normalized spacial score (nSPS) is 10.8. The van der Waals surface area contributed by atoms with Crippen molar-refractivity contribution in [3.63, 3.8) is 0 Å². The molecule has 2 heterocycles. The number of rotatable bonds is 3. The number of aryl methyl sites for hydroxylation is 2. The smallest absolute Gasteiger partial charge is 0.276 e. The highest BCUT2D eigenvalue weighted by Crippen LogP contribution is 2.20. The summed E-state index contributed by atoms with van der Waals surface area (Å²) in [6.45, 7) is 1.98. The number of aromatic amines is 1. The molecule has 122 valence electrons. The van der Waals surface area contributed by atoms with Crippen LogP contribution in [0.1, 0.15) is 23.0 Å². The first-order valence-electron chi connectivity index (χ1n) is 7.49. The Bertz CT molecular complexity index is 1050. The van der Waals surface area contributed by atoms with Crippen molar-refractivity contribution in [3.05, 3.63) is 68.4 Å². The van der Waals surface area contributed by atoms with E-state index in [4.69, 9.17) is 0 Å². The molecule has 0 fully saturated rings. The molecule has 24 heavy (non-hydrogen) atoms. The Hall–Kier alpha value is -3.22. The molecule has 0 spiro atoms. The third-order valence-electron chi connectivity index (χ3n) is 3.76. The fraction of sp³-hybridized carbons (Fsp3) is 0.176. The minimum Gasteiger partial charge on any atom is -0.322 e. The highest BCUT2D eigenvalue weighted by molar-refractivity contribution is 6.03. The number of pyridine rings is 1. The molecule has 7 nitrogen and oxygen atoms in total. The number of H-pyrrole nitrogens is 1. The van der Waals surface area contributed by atoms with Crippen LogP contribution in [-0.4, -0.2) is 20.7 Å². The number of carbonyl (C=O) groups excluding carboxylic acids is 1. The van der Waals surface area contributed by atoms with Gasteiger partial charge in [0.25, 0.3) is 11.5 Å². The maximum atomic E-state index is 12.2. The SMILES string of the molecule is CCc1cc(=O)[nH]c2cc(NC(=O)c3ccc(=O)n(C)n3)ccc12. The number of amides is 1. The lowest BCUT2D eigenvalue weighted by molar-refractivity contribution is 0.102. The molecule has 2 N–H and O–H groups in total. The van der Waals surface area contributed by atoms with Gasteiger partial charge >= 0.3 is 0 Å². The van der Waals surface area contributed by atoms with Crippen molar-refractivity contribution >= 4 is 22.5 Å². The van der Waals surface area contributed by atoms with Crippen molar-refractivity contribution in [2.24, 2.45) is 7.05 Å². The molecule has 0 saturated heterocycles. The van der Waals surface area contributed by atoms with E-state index in [1.807, 2.05) is 13.0 Å². The second-order valence-electron chi connectivity index (χ2n) is 5.41. The van der Waals surface area contributed by atoms with E-state index in [2.05, 4.69) is 15.4 Å². The summed E-state index contributed by atoms with van der Waals surface area (Å²) in [5.74, 6) is -0.432. The summed E-state index contributed by atoms with van der Waals surface area (Å²) >= 11 is 0. The van der Waals surface area contributed by atoms with Crippen molar-refractivity contribution in [2.75, 3.05) is 5.32 Å². The van der Waals surface area contributed by atoms with E-state index in [1.54, 1.807) is 18.2 Å². The molecule has 0 atom stereocenters. The van der Waals surface area contributed by atoms with Crippen LogP contribution < -0.4 is 16.4 Å². The first kappa shape index (κ1) is 15.7. The third kappa shape index (κ3) is 2.96. The number of carbonyl (C=O) groups is 1. The van der Waals surface area contributed by atoms with Crippen molar-refractivity contribution in [1.82, 2.24) is 14.8 Å². The van der Waals surface area contributed by atoms with Gasteiger partial charge in [0, 0.05) is 30.3 Å². The van der Waals surface area contributed by atoms with Crippen molar-refractivity contribution in [3.8, 4) is 0 Å². The molecule has 0 saturated carbocycles. The Morgan fingerprint density at radius 1 is 1.21 bits per heavy atom. The first-order valence-corrected chi connectivity index (χ1v) is 7.49. The zero-order chi connectivity index (χ0) is 17.3. The summed E-state index contributed by atoms with van der Waals surface area (Å²) in [4.78, 5) is 38.0. The summed E-state index contributed by atoms with van der Waals surface area (Å²) in [5, 5.41) is 7.56. The van der Waals surface area contributed by atoms with Crippen LogP contribution in [0, 0.1) is 0 Å². The van der Waals surface area contributed by atoms with E-state index in [-0.39, 0.29) is 16.8 Å². The standard InChI is InChI=1S/C17H16N4O3/c1-3-10-8-15(22)19-14-9-11(4-5-12(10)14)18-17(24)13-6-7-16(23)21(2)20-13/h4-9H,3H2,1-2H3,(H,18,24)(H,19,22). The Balaban J connectivity index is 1.95. The van der Waals surface area contributed by atoms with Gasteiger partial charge in [-0.15, -0.1) is 0 Å². The lowest BCUT2D eigenvalue weighted by Crippen LogP contribution is -2.23. The number of nitrogens with zero attached hydrogens (tertiary/aromatic N) is 2. The molecule has 3 aromatic rings. The predicted octanol–water partition coefficient (Wildman–Crippen LogP) is 1.44. The van der Waals surface area contributed by atoms with E-state index < -0.39 is 5.91 Å². The number of fused-ring (bicyclic) bond motifs is 1. The highest BCUT2D eigenvalue weighted by atomic mass is 16.2. The average molecular weight is 324 g/mol. The number of benzene rings is 1. The van der Waals surface area contributed by atoms with Gasteiger partial charge in [-0.2, -0.15) is 5.10 Å². The summed E-state index contributed by atoms with van der Waals surface area (Å²) in [6.07, 6.45) is 0.744. The maximum absolute atomic E-state index is 12.2. The maximum Gasteiger partial charge on any atom is 0.276 e. The molecule has 0 aliphatic heterocycles. The van der Waals surface area contributed by atoms with Gasteiger partial charge in [0.15, 0.2) is 0 Å². The lowest BCUT2D eigenvalue weighted by atomic mass is 10.1. The van der Waals surface area contributed by atoms with E-state index >= 15 is 0 Å². The van der Waals surface area contributed by atoms with Gasteiger partial charge in [-0.3, -0.25) is 14.4 Å².